The van der Waals surface area contributed by atoms with Gasteiger partial charge in [0.1, 0.15) is 16.8 Å². The number of thioether (sulfide) groups is 1. The Balaban J connectivity index is 2.12. The molecule has 0 aliphatic carbocycles. The topological polar surface area (TPSA) is 25.8 Å². The number of hydrogen-bond donors (Lipinski definition) is 0. The van der Waals surface area contributed by atoms with Crippen molar-refractivity contribution in [2.75, 3.05) is 0 Å². The van der Waals surface area contributed by atoms with Crippen LogP contribution in [0.25, 0.3) is 0 Å². The Labute approximate surface area is 121 Å². The predicted octanol–water partition coefficient (Wildman–Crippen LogP) is 4.43. The maximum absolute atomic E-state index is 13.1. The van der Waals surface area contributed by atoms with E-state index in [2.05, 4.69) is 9.97 Å². The van der Waals surface area contributed by atoms with Crippen LogP contribution in [0.15, 0.2) is 29.2 Å². The van der Waals surface area contributed by atoms with Crippen molar-refractivity contribution in [3.8, 4) is 0 Å². The van der Waals surface area contributed by atoms with Crippen molar-refractivity contribution in [2.45, 2.75) is 30.9 Å². The van der Waals surface area contributed by atoms with Crippen LogP contribution < -0.4 is 0 Å². The zero-order valence-corrected chi connectivity index (χ0v) is 12.4. The summed E-state index contributed by atoms with van der Waals surface area (Å²) in [4.78, 5) is 9.57. The number of benzene rings is 1. The lowest BCUT2D eigenvalue weighted by Crippen LogP contribution is -2.01. The lowest BCUT2D eigenvalue weighted by Gasteiger charge is -2.07. The molecule has 0 saturated heterocycles. The molecule has 0 unspecified atom stereocenters. The lowest BCUT2D eigenvalue weighted by molar-refractivity contribution is 0.624. The van der Waals surface area contributed by atoms with Gasteiger partial charge in [0.15, 0.2) is 0 Å². The molecular formula is C14H14ClFN2S. The molecule has 0 fully saturated rings. The summed E-state index contributed by atoms with van der Waals surface area (Å²) in [6.07, 6.45) is 0.821. The van der Waals surface area contributed by atoms with Crippen LogP contribution in [-0.2, 0) is 12.2 Å². The molecule has 0 atom stereocenters. The van der Waals surface area contributed by atoms with Crippen LogP contribution in [0.4, 0.5) is 4.39 Å². The molecule has 0 amide bonds. The van der Waals surface area contributed by atoms with Crippen molar-refractivity contribution >= 4 is 23.4 Å². The summed E-state index contributed by atoms with van der Waals surface area (Å²) in [5.41, 5.74) is 1.90. The highest BCUT2D eigenvalue weighted by Crippen LogP contribution is 2.24. The van der Waals surface area contributed by atoms with Crippen LogP contribution in [0.5, 0.6) is 0 Å². The fraction of sp³-hybridized carbons (Fsp3) is 0.286. The summed E-state index contributed by atoms with van der Waals surface area (Å²) >= 11 is 7.62. The van der Waals surface area contributed by atoms with Crippen molar-refractivity contribution in [3.05, 3.63) is 52.3 Å². The zero-order chi connectivity index (χ0) is 13.8. The standard InChI is InChI=1S/C14H14ClFN2S/c1-3-12-9(2)17-13(18-14(12)15)8-19-11-6-4-5-10(16)7-11/h4-7H,3,8H2,1-2H3. The van der Waals surface area contributed by atoms with E-state index in [9.17, 15) is 4.39 Å². The third-order valence-corrected chi connectivity index (χ3v) is 4.03. The normalized spacial score (nSPS) is 10.7. The summed E-state index contributed by atoms with van der Waals surface area (Å²) in [5.74, 6) is 1.02. The second kappa shape index (κ2) is 6.35. The minimum Gasteiger partial charge on any atom is -0.237 e. The molecular weight excluding hydrogens is 283 g/mol. The summed E-state index contributed by atoms with van der Waals surface area (Å²) in [6, 6.07) is 6.48. The molecule has 19 heavy (non-hydrogen) atoms. The molecule has 5 heteroatoms. The SMILES string of the molecule is CCc1c(C)nc(CSc2cccc(F)c2)nc1Cl. The molecule has 0 aliphatic heterocycles. The van der Waals surface area contributed by atoms with E-state index in [0.29, 0.717) is 16.7 Å². The first kappa shape index (κ1) is 14.3. The average molecular weight is 297 g/mol. The molecule has 1 aromatic heterocycles. The second-order valence-corrected chi connectivity index (χ2v) is 5.50. The molecule has 0 spiro atoms. The van der Waals surface area contributed by atoms with Crippen LogP contribution >= 0.6 is 23.4 Å². The highest BCUT2D eigenvalue weighted by molar-refractivity contribution is 7.98. The van der Waals surface area contributed by atoms with Gasteiger partial charge in [-0.05, 0) is 31.5 Å². The van der Waals surface area contributed by atoms with Gasteiger partial charge in [-0.3, -0.25) is 0 Å². The Morgan fingerprint density at radius 2 is 2.11 bits per heavy atom. The van der Waals surface area contributed by atoms with Gasteiger partial charge in [0, 0.05) is 16.2 Å². The molecule has 1 aromatic carbocycles. The van der Waals surface area contributed by atoms with Crippen molar-refractivity contribution in [3.63, 3.8) is 0 Å². The number of hydrogen-bond acceptors (Lipinski definition) is 3. The Hall–Kier alpha value is -1.13. The molecule has 0 aliphatic rings. The van der Waals surface area contributed by atoms with E-state index >= 15 is 0 Å². The molecule has 0 saturated carbocycles. The maximum Gasteiger partial charge on any atom is 0.140 e. The van der Waals surface area contributed by atoms with E-state index in [-0.39, 0.29) is 5.82 Å². The van der Waals surface area contributed by atoms with Crippen LogP contribution in [0.2, 0.25) is 5.15 Å². The van der Waals surface area contributed by atoms with Gasteiger partial charge in [-0.15, -0.1) is 11.8 Å². The van der Waals surface area contributed by atoms with Gasteiger partial charge in [-0.2, -0.15) is 0 Å². The van der Waals surface area contributed by atoms with E-state index in [1.165, 1.54) is 23.9 Å². The summed E-state index contributed by atoms with van der Waals surface area (Å²) in [5, 5.41) is 0.518. The summed E-state index contributed by atoms with van der Waals surface area (Å²) < 4.78 is 13.1. The van der Waals surface area contributed by atoms with E-state index in [1.807, 2.05) is 19.9 Å². The fourth-order valence-electron chi connectivity index (χ4n) is 1.79. The van der Waals surface area contributed by atoms with Gasteiger partial charge in [-0.1, -0.05) is 24.6 Å². The molecule has 0 N–H and O–H groups in total. The summed E-state index contributed by atoms with van der Waals surface area (Å²) in [6.45, 7) is 3.96. The number of aromatic nitrogens is 2. The predicted molar refractivity (Wildman–Crippen MR) is 77.1 cm³/mol. The van der Waals surface area contributed by atoms with Crippen LogP contribution in [-0.4, -0.2) is 9.97 Å². The van der Waals surface area contributed by atoms with Crippen LogP contribution in [0, 0.1) is 12.7 Å². The average Bonchev–Trinajstić information content (AvgIpc) is 2.36. The molecule has 0 radical (unpaired) electrons. The van der Waals surface area contributed by atoms with Crippen LogP contribution in [0.3, 0.4) is 0 Å². The van der Waals surface area contributed by atoms with E-state index in [0.717, 1.165) is 22.6 Å². The molecule has 100 valence electrons. The van der Waals surface area contributed by atoms with E-state index < -0.39 is 0 Å². The number of nitrogens with zero attached hydrogens (tertiary/aromatic N) is 2. The number of aryl methyl sites for hydroxylation is 1. The van der Waals surface area contributed by atoms with Gasteiger partial charge >= 0.3 is 0 Å². The largest absolute Gasteiger partial charge is 0.237 e. The second-order valence-electron chi connectivity index (χ2n) is 4.09. The molecule has 0 bridgehead atoms. The zero-order valence-electron chi connectivity index (χ0n) is 10.8. The van der Waals surface area contributed by atoms with Gasteiger partial charge in [0.2, 0.25) is 0 Å². The molecule has 2 nitrogen and oxygen atoms in total. The van der Waals surface area contributed by atoms with Gasteiger partial charge in [0.05, 0.1) is 5.75 Å². The van der Waals surface area contributed by atoms with E-state index in [1.54, 1.807) is 6.07 Å². The van der Waals surface area contributed by atoms with Crippen molar-refractivity contribution in [1.82, 2.24) is 9.97 Å². The summed E-state index contributed by atoms with van der Waals surface area (Å²) in [7, 11) is 0. The first-order valence-electron chi connectivity index (χ1n) is 6.00. The molecule has 2 aromatic rings. The highest BCUT2D eigenvalue weighted by atomic mass is 35.5. The first-order valence-corrected chi connectivity index (χ1v) is 7.36. The minimum atomic E-state index is -0.235. The molecule has 2 rings (SSSR count). The third kappa shape index (κ3) is 3.67. The van der Waals surface area contributed by atoms with Crippen molar-refractivity contribution < 1.29 is 4.39 Å². The van der Waals surface area contributed by atoms with Crippen LogP contribution in [0.1, 0.15) is 24.0 Å². The highest BCUT2D eigenvalue weighted by Gasteiger charge is 2.08. The Kier molecular flexibility index (Phi) is 4.77. The quantitative estimate of drug-likeness (QED) is 0.616. The Bertz CT molecular complexity index is 566. The van der Waals surface area contributed by atoms with Crippen molar-refractivity contribution in [2.24, 2.45) is 0 Å². The lowest BCUT2D eigenvalue weighted by atomic mass is 10.2. The fourth-order valence-corrected chi connectivity index (χ4v) is 2.95. The van der Waals surface area contributed by atoms with Gasteiger partial charge in [0.25, 0.3) is 0 Å². The smallest absolute Gasteiger partial charge is 0.140 e. The molecule has 1 heterocycles. The number of halogens is 2. The van der Waals surface area contributed by atoms with Crippen molar-refractivity contribution in [1.29, 1.82) is 0 Å². The minimum absolute atomic E-state index is 0.235. The third-order valence-electron chi connectivity index (χ3n) is 2.73. The maximum atomic E-state index is 13.1. The first-order chi connectivity index (χ1) is 9.10. The van der Waals surface area contributed by atoms with Gasteiger partial charge in [-0.25, -0.2) is 14.4 Å². The van der Waals surface area contributed by atoms with Gasteiger partial charge < -0.3 is 0 Å². The number of rotatable bonds is 4. The monoisotopic (exact) mass is 296 g/mol. The Morgan fingerprint density at radius 1 is 1.32 bits per heavy atom. The van der Waals surface area contributed by atoms with E-state index in [4.69, 9.17) is 11.6 Å². The Morgan fingerprint density at radius 3 is 2.74 bits per heavy atom.